The highest BCUT2D eigenvalue weighted by molar-refractivity contribution is 5.85. The van der Waals surface area contributed by atoms with Gasteiger partial charge in [0.25, 0.3) is 0 Å². The van der Waals surface area contributed by atoms with Gasteiger partial charge in [0.15, 0.2) is 0 Å². The molecule has 0 amide bonds. The van der Waals surface area contributed by atoms with E-state index in [2.05, 4.69) is 36.9 Å². The van der Waals surface area contributed by atoms with Crippen LogP contribution in [0.5, 0.6) is 0 Å². The zero-order valence-corrected chi connectivity index (χ0v) is 10.9. The Morgan fingerprint density at radius 3 is 2.38 bits per heavy atom. The van der Waals surface area contributed by atoms with Crippen LogP contribution in [0.2, 0.25) is 0 Å². The fraction of sp³-hybridized carbons (Fsp3) is 0.538. The van der Waals surface area contributed by atoms with Crippen LogP contribution < -0.4 is 5.73 Å². The van der Waals surface area contributed by atoms with Crippen LogP contribution in [0.25, 0.3) is 0 Å². The van der Waals surface area contributed by atoms with Crippen molar-refractivity contribution in [3.05, 3.63) is 34.9 Å². The predicted molar refractivity (Wildman–Crippen MR) is 71.0 cm³/mol. The van der Waals surface area contributed by atoms with Gasteiger partial charge in [0.2, 0.25) is 0 Å². The molecule has 16 heavy (non-hydrogen) atoms. The van der Waals surface area contributed by atoms with Crippen molar-refractivity contribution in [2.75, 3.05) is 13.1 Å². The number of nitrogens with two attached hydrogens (primary N) is 1. The molecule has 0 aliphatic carbocycles. The van der Waals surface area contributed by atoms with Crippen LogP contribution in [-0.4, -0.2) is 24.0 Å². The summed E-state index contributed by atoms with van der Waals surface area (Å²) in [5.74, 6) is 0. The number of likely N-dealkylation sites (tertiary alicyclic amines) is 1. The fourth-order valence-electron chi connectivity index (χ4n) is 2.42. The SMILES string of the molecule is Cc1cc(C)cc(CN2CCC(N)C2)c1.Cl. The van der Waals surface area contributed by atoms with E-state index in [4.69, 9.17) is 5.73 Å². The molecule has 2 rings (SSSR count). The van der Waals surface area contributed by atoms with Gasteiger partial charge >= 0.3 is 0 Å². The van der Waals surface area contributed by atoms with E-state index >= 15 is 0 Å². The molecule has 1 aliphatic heterocycles. The van der Waals surface area contributed by atoms with E-state index in [9.17, 15) is 0 Å². The van der Waals surface area contributed by atoms with Crippen LogP contribution in [0.1, 0.15) is 23.1 Å². The minimum absolute atomic E-state index is 0. The lowest BCUT2D eigenvalue weighted by atomic mass is 10.1. The van der Waals surface area contributed by atoms with Gasteiger partial charge < -0.3 is 5.73 Å². The zero-order chi connectivity index (χ0) is 10.8. The number of aryl methyl sites for hydroxylation is 2. The van der Waals surface area contributed by atoms with E-state index in [1.54, 1.807) is 0 Å². The minimum Gasteiger partial charge on any atom is -0.326 e. The van der Waals surface area contributed by atoms with Crippen molar-refractivity contribution in [1.29, 1.82) is 0 Å². The molecule has 1 unspecified atom stereocenters. The number of halogens is 1. The lowest BCUT2D eigenvalue weighted by Crippen LogP contribution is -2.26. The van der Waals surface area contributed by atoms with Crippen LogP contribution in [0, 0.1) is 13.8 Å². The minimum atomic E-state index is 0. The topological polar surface area (TPSA) is 29.3 Å². The first-order valence-electron chi connectivity index (χ1n) is 5.68. The molecule has 3 heteroatoms. The third-order valence-electron chi connectivity index (χ3n) is 3.00. The molecule has 0 saturated carbocycles. The van der Waals surface area contributed by atoms with Crippen LogP contribution in [0.3, 0.4) is 0 Å². The van der Waals surface area contributed by atoms with Crippen LogP contribution >= 0.6 is 12.4 Å². The van der Waals surface area contributed by atoms with Crippen molar-refractivity contribution >= 4 is 12.4 Å². The van der Waals surface area contributed by atoms with E-state index in [1.165, 1.54) is 16.7 Å². The molecular formula is C13H21ClN2. The normalized spacial score (nSPS) is 20.8. The average Bonchev–Trinajstić information content (AvgIpc) is 2.49. The van der Waals surface area contributed by atoms with E-state index in [-0.39, 0.29) is 12.4 Å². The summed E-state index contributed by atoms with van der Waals surface area (Å²) in [7, 11) is 0. The molecule has 0 bridgehead atoms. The average molecular weight is 241 g/mol. The van der Waals surface area contributed by atoms with Gasteiger partial charge in [-0.3, -0.25) is 4.90 Å². The molecule has 1 saturated heterocycles. The van der Waals surface area contributed by atoms with Crippen molar-refractivity contribution in [2.24, 2.45) is 5.73 Å². The molecule has 1 atom stereocenters. The van der Waals surface area contributed by atoms with E-state index < -0.39 is 0 Å². The fourth-order valence-corrected chi connectivity index (χ4v) is 2.42. The standard InChI is InChI=1S/C13H20N2.ClH/c1-10-5-11(2)7-12(6-10)8-15-4-3-13(14)9-15;/h5-7,13H,3-4,8-9,14H2,1-2H3;1H. The molecule has 1 fully saturated rings. The molecule has 1 aromatic carbocycles. The maximum Gasteiger partial charge on any atom is 0.0234 e. The largest absolute Gasteiger partial charge is 0.326 e. The molecule has 1 heterocycles. The van der Waals surface area contributed by atoms with Gasteiger partial charge in [-0.25, -0.2) is 0 Å². The highest BCUT2D eigenvalue weighted by atomic mass is 35.5. The third kappa shape index (κ3) is 3.48. The second-order valence-electron chi connectivity index (χ2n) is 4.78. The zero-order valence-electron chi connectivity index (χ0n) is 10.1. The number of benzene rings is 1. The Morgan fingerprint density at radius 2 is 1.88 bits per heavy atom. The molecule has 2 N–H and O–H groups in total. The summed E-state index contributed by atoms with van der Waals surface area (Å²) in [6, 6.07) is 7.16. The summed E-state index contributed by atoms with van der Waals surface area (Å²) in [4.78, 5) is 2.44. The Hall–Kier alpha value is -0.570. The van der Waals surface area contributed by atoms with Crippen molar-refractivity contribution in [1.82, 2.24) is 4.90 Å². The summed E-state index contributed by atoms with van der Waals surface area (Å²) >= 11 is 0. The highest BCUT2D eigenvalue weighted by Crippen LogP contribution is 2.15. The maximum absolute atomic E-state index is 5.90. The summed E-state index contributed by atoms with van der Waals surface area (Å²) in [5.41, 5.74) is 10.0. The monoisotopic (exact) mass is 240 g/mol. The first kappa shape index (κ1) is 13.5. The van der Waals surface area contributed by atoms with Crippen LogP contribution in [0.4, 0.5) is 0 Å². The smallest absolute Gasteiger partial charge is 0.0234 e. The van der Waals surface area contributed by atoms with E-state index in [0.29, 0.717) is 6.04 Å². The predicted octanol–water partition coefficient (Wildman–Crippen LogP) is 2.26. The Balaban J connectivity index is 0.00000128. The van der Waals surface area contributed by atoms with Gasteiger partial charge in [-0.2, -0.15) is 0 Å². The summed E-state index contributed by atoms with van der Waals surface area (Å²) in [6.45, 7) is 7.57. The molecule has 0 spiro atoms. The van der Waals surface area contributed by atoms with Crippen molar-refractivity contribution < 1.29 is 0 Å². The lowest BCUT2D eigenvalue weighted by molar-refractivity contribution is 0.327. The molecule has 90 valence electrons. The summed E-state index contributed by atoms with van der Waals surface area (Å²) in [6.07, 6.45) is 1.14. The number of hydrogen-bond acceptors (Lipinski definition) is 2. The molecule has 2 nitrogen and oxygen atoms in total. The van der Waals surface area contributed by atoms with E-state index in [1.807, 2.05) is 0 Å². The molecular weight excluding hydrogens is 220 g/mol. The quantitative estimate of drug-likeness (QED) is 0.859. The van der Waals surface area contributed by atoms with Gasteiger partial charge in [-0.15, -0.1) is 12.4 Å². The first-order chi connectivity index (χ1) is 7.13. The molecule has 1 aliphatic rings. The number of nitrogens with zero attached hydrogens (tertiary/aromatic N) is 1. The second-order valence-corrected chi connectivity index (χ2v) is 4.78. The van der Waals surface area contributed by atoms with Crippen LogP contribution in [-0.2, 0) is 6.54 Å². The number of hydrogen-bond donors (Lipinski definition) is 1. The summed E-state index contributed by atoms with van der Waals surface area (Å²) in [5, 5.41) is 0. The Kier molecular flexibility index (Phi) is 4.78. The van der Waals surface area contributed by atoms with Gasteiger partial charge in [0.1, 0.15) is 0 Å². The van der Waals surface area contributed by atoms with E-state index in [0.717, 1.165) is 26.1 Å². The molecule has 0 aromatic heterocycles. The summed E-state index contributed by atoms with van der Waals surface area (Å²) < 4.78 is 0. The first-order valence-corrected chi connectivity index (χ1v) is 5.68. The lowest BCUT2D eigenvalue weighted by Gasteiger charge is -2.15. The van der Waals surface area contributed by atoms with Gasteiger partial charge in [-0.05, 0) is 25.8 Å². The van der Waals surface area contributed by atoms with Gasteiger partial charge in [0, 0.05) is 25.7 Å². The Bertz CT molecular complexity index is 332. The van der Waals surface area contributed by atoms with Crippen molar-refractivity contribution in [3.8, 4) is 0 Å². The van der Waals surface area contributed by atoms with Crippen LogP contribution in [0.15, 0.2) is 18.2 Å². The molecule has 0 radical (unpaired) electrons. The van der Waals surface area contributed by atoms with Crippen molar-refractivity contribution in [2.45, 2.75) is 32.9 Å². The van der Waals surface area contributed by atoms with Crippen molar-refractivity contribution in [3.63, 3.8) is 0 Å². The molecule has 1 aromatic rings. The number of rotatable bonds is 2. The Labute approximate surface area is 104 Å². The van der Waals surface area contributed by atoms with Gasteiger partial charge in [-0.1, -0.05) is 29.3 Å². The maximum atomic E-state index is 5.90. The van der Waals surface area contributed by atoms with Gasteiger partial charge in [0.05, 0.1) is 0 Å². The Morgan fingerprint density at radius 1 is 1.25 bits per heavy atom. The third-order valence-corrected chi connectivity index (χ3v) is 3.00. The second kappa shape index (κ2) is 5.67. The highest BCUT2D eigenvalue weighted by Gasteiger charge is 2.18.